The fourth-order valence-corrected chi connectivity index (χ4v) is 3.87. The first-order valence-corrected chi connectivity index (χ1v) is 11.5. The highest BCUT2D eigenvalue weighted by molar-refractivity contribution is 7.99. The van der Waals surface area contributed by atoms with Crippen molar-refractivity contribution < 1.29 is 13.9 Å². The molecule has 0 saturated heterocycles. The van der Waals surface area contributed by atoms with Crippen molar-refractivity contribution in [3.63, 3.8) is 0 Å². The van der Waals surface area contributed by atoms with E-state index in [2.05, 4.69) is 20.7 Å². The predicted molar refractivity (Wildman–Crippen MR) is 131 cm³/mol. The highest BCUT2D eigenvalue weighted by atomic mass is 35.5. The molecule has 0 radical (unpaired) electrons. The van der Waals surface area contributed by atoms with Crippen molar-refractivity contribution >= 4 is 35.5 Å². The Hall–Kier alpha value is -3.69. The number of carbonyl (C=O) groups excluding carboxylic acids is 1. The minimum absolute atomic E-state index is 0.0646. The number of benzene rings is 3. The summed E-state index contributed by atoms with van der Waals surface area (Å²) in [5.41, 5.74) is 4.77. The number of rotatable bonds is 8. The number of thioether (sulfide) groups is 1. The standard InChI is InChI=1S/C24H19ClFN5O2S/c1-33-21-12-4-17(5-13-21)23-29-30-24(31(23)20-10-6-18(25)7-11-20)34-15-22(32)28-27-14-16-2-8-19(26)9-3-16/h2-14H,15H2,1H3,(H,28,32)/b27-14+. The zero-order valence-electron chi connectivity index (χ0n) is 18.0. The molecule has 0 unspecified atom stereocenters. The van der Waals surface area contributed by atoms with Gasteiger partial charge in [0, 0.05) is 16.3 Å². The summed E-state index contributed by atoms with van der Waals surface area (Å²) in [6.07, 6.45) is 1.44. The van der Waals surface area contributed by atoms with Gasteiger partial charge in [-0.05, 0) is 66.2 Å². The molecule has 172 valence electrons. The largest absolute Gasteiger partial charge is 0.497 e. The molecule has 1 amide bonds. The van der Waals surface area contributed by atoms with E-state index < -0.39 is 0 Å². The molecule has 1 aromatic heterocycles. The highest BCUT2D eigenvalue weighted by Gasteiger charge is 2.17. The first kappa shape index (κ1) is 23.5. The molecule has 4 rings (SSSR count). The molecule has 0 spiro atoms. The van der Waals surface area contributed by atoms with Gasteiger partial charge in [0.25, 0.3) is 5.91 Å². The Balaban J connectivity index is 1.51. The number of hydrazone groups is 1. The van der Waals surface area contributed by atoms with Crippen LogP contribution in [-0.4, -0.2) is 39.7 Å². The van der Waals surface area contributed by atoms with Gasteiger partial charge in [-0.15, -0.1) is 10.2 Å². The monoisotopic (exact) mass is 495 g/mol. The van der Waals surface area contributed by atoms with Gasteiger partial charge in [-0.2, -0.15) is 5.10 Å². The quantitative estimate of drug-likeness (QED) is 0.212. The van der Waals surface area contributed by atoms with Crippen molar-refractivity contribution in [1.82, 2.24) is 20.2 Å². The molecule has 34 heavy (non-hydrogen) atoms. The summed E-state index contributed by atoms with van der Waals surface area (Å²) >= 11 is 7.28. The van der Waals surface area contributed by atoms with Crippen LogP contribution in [0.15, 0.2) is 83.1 Å². The Morgan fingerprint density at radius 3 is 2.47 bits per heavy atom. The Labute approximate surface area is 204 Å². The lowest BCUT2D eigenvalue weighted by atomic mass is 10.2. The summed E-state index contributed by atoms with van der Waals surface area (Å²) in [4.78, 5) is 12.3. The van der Waals surface area contributed by atoms with Crippen molar-refractivity contribution in [3.05, 3.63) is 89.2 Å². The van der Waals surface area contributed by atoms with Gasteiger partial charge in [-0.25, -0.2) is 9.82 Å². The minimum Gasteiger partial charge on any atom is -0.497 e. The lowest BCUT2D eigenvalue weighted by molar-refractivity contribution is -0.118. The molecule has 3 aromatic carbocycles. The van der Waals surface area contributed by atoms with Crippen molar-refractivity contribution in [3.8, 4) is 22.8 Å². The van der Waals surface area contributed by atoms with Gasteiger partial charge in [0.15, 0.2) is 11.0 Å². The first-order chi connectivity index (χ1) is 16.5. The number of amides is 1. The number of nitrogens with one attached hydrogen (secondary N) is 1. The number of methoxy groups -OCH3 is 1. The zero-order valence-corrected chi connectivity index (χ0v) is 19.6. The highest BCUT2D eigenvalue weighted by Crippen LogP contribution is 2.29. The van der Waals surface area contributed by atoms with E-state index in [0.717, 1.165) is 17.0 Å². The van der Waals surface area contributed by atoms with Gasteiger partial charge < -0.3 is 4.74 Å². The van der Waals surface area contributed by atoms with E-state index in [4.69, 9.17) is 16.3 Å². The number of halogens is 2. The molecular weight excluding hydrogens is 477 g/mol. The molecule has 0 saturated carbocycles. The lowest BCUT2D eigenvalue weighted by Gasteiger charge is -2.11. The summed E-state index contributed by atoms with van der Waals surface area (Å²) in [7, 11) is 1.61. The average Bonchev–Trinajstić information content (AvgIpc) is 3.28. The third-order valence-corrected chi connectivity index (χ3v) is 5.85. The zero-order chi connectivity index (χ0) is 23.9. The SMILES string of the molecule is COc1ccc(-c2nnc(SCC(=O)N/N=C/c3ccc(F)cc3)n2-c2ccc(Cl)cc2)cc1. The van der Waals surface area contributed by atoms with Crippen LogP contribution in [0, 0.1) is 5.82 Å². The molecular formula is C24H19ClFN5O2S. The molecule has 4 aromatic rings. The molecule has 1 heterocycles. The number of nitrogens with zero attached hydrogens (tertiary/aromatic N) is 4. The molecule has 7 nitrogen and oxygen atoms in total. The van der Waals surface area contributed by atoms with Gasteiger partial charge in [-0.1, -0.05) is 35.5 Å². The molecule has 0 aliphatic rings. The summed E-state index contributed by atoms with van der Waals surface area (Å²) in [5, 5.41) is 13.7. The molecule has 0 bridgehead atoms. The normalized spacial score (nSPS) is 11.0. The van der Waals surface area contributed by atoms with Crippen LogP contribution >= 0.6 is 23.4 Å². The minimum atomic E-state index is -0.337. The van der Waals surface area contributed by atoms with Crippen molar-refractivity contribution in [1.29, 1.82) is 0 Å². The number of aromatic nitrogens is 3. The third-order valence-electron chi connectivity index (χ3n) is 4.67. The van der Waals surface area contributed by atoms with Crippen LogP contribution in [-0.2, 0) is 4.79 Å². The lowest BCUT2D eigenvalue weighted by Crippen LogP contribution is -2.20. The Bertz CT molecular complexity index is 1290. The molecule has 0 fully saturated rings. The topological polar surface area (TPSA) is 81.4 Å². The number of hydrogen-bond acceptors (Lipinski definition) is 6. The van der Waals surface area contributed by atoms with Crippen LogP contribution in [0.2, 0.25) is 5.02 Å². The second-order valence-corrected chi connectivity index (χ2v) is 8.36. The van der Waals surface area contributed by atoms with Gasteiger partial charge >= 0.3 is 0 Å². The van der Waals surface area contributed by atoms with Crippen molar-refractivity contribution in [2.75, 3.05) is 12.9 Å². The second-order valence-electron chi connectivity index (χ2n) is 6.98. The smallest absolute Gasteiger partial charge is 0.250 e. The van der Waals surface area contributed by atoms with Crippen LogP contribution in [0.3, 0.4) is 0 Å². The summed E-state index contributed by atoms with van der Waals surface area (Å²) in [6.45, 7) is 0. The van der Waals surface area contributed by atoms with E-state index in [1.54, 1.807) is 31.4 Å². The fraction of sp³-hybridized carbons (Fsp3) is 0.0833. The number of hydrogen-bond donors (Lipinski definition) is 1. The van der Waals surface area contributed by atoms with Crippen LogP contribution in [0.5, 0.6) is 5.75 Å². The molecule has 0 aliphatic carbocycles. The van der Waals surface area contributed by atoms with Gasteiger partial charge in [0.05, 0.1) is 19.1 Å². The molecule has 1 N–H and O–H groups in total. The predicted octanol–water partition coefficient (Wildman–Crippen LogP) is 4.98. The van der Waals surface area contributed by atoms with Crippen LogP contribution in [0.25, 0.3) is 17.1 Å². The van der Waals surface area contributed by atoms with E-state index in [0.29, 0.717) is 21.6 Å². The molecule has 0 atom stereocenters. The Morgan fingerprint density at radius 1 is 1.09 bits per heavy atom. The maximum absolute atomic E-state index is 13.0. The van der Waals surface area contributed by atoms with E-state index >= 15 is 0 Å². The maximum atomic E-state index is 13.0. The number of ether oxygens (including phenoxy) is 1. The summed E-state index contributed by atoms with van der Waals surface area (Å²) in [5.74, 6) is 0.752. The summed E-state index contributed by atoms with van der Waals surface area (Å²) < 4.78 is 20.1. The van der Waals surface area contributed by atoms with Gasteiger partial charge in [0.1, 0.15) is 11.6 Å². The van der Waals surface area contributed by atoms with Crippen LogP contribution in [0.1, 0.15) is 5.56 Å². The molecule has 10 heteroatoms. The van der Waals surface area contributed by atoms with Gasteiger partial charge in [0.2, 0.25) is 0 Å². The van der Waals surface area contributed by atoms with Crippen LogP contribution < -0.4 is 10.2 Å². The average molecular weight is 496 g/mol. The van der Waals surface area contributed by atoms with E-state index in [1.807, 2.05) is 41.0 Å². The van der Waals surface area contributed by atoms with E-state index in [-0.39, 0.29) is 17.5 Å². The van der Waals surface area contributed by atoms with Gasteiger partial charge in [-0.3, -0.25) is 9.36 Å². The van der Waals surface area contributed by atoms with E-state index in [9.17, 15) is 9.18 Å². The first-order valence-electron chi connectivity index (χ1n) is 10.1. The fourth-order valence-electron chi connectivity index (χ4n) is 3.00. The maximum Gasteiger partial charge on any atom is 0.250 e. The third kappa shape index (κ3) is 5.81. The Kier molecular flexibility index (Phi) is 7.56. The van der Waals surface area contributed by atoms with Crippen LogP contribution in [0.4, 0.5) is 4.39 Å². The Morgan fingerprint density at radius 2 is 1.79 bits per heavy atom. The summed E-state index contributed by atoms with van der Waals surface area (Å²) in [6, 6.07) is 20.5. The van der Waals surface area contributed by atoms with E-state index in [1.165, 1.54) is 30.1 Å². The second kappa shape index (κ2) is 11.0. The van der Waals surface area contributed by atoms with Crippen molar-refractivity contribution in [2.24, 2.45) is 5.10 Å². The number of carbonyl (C=O) groups is 1. The molecule has 0 aliphatic heterocycles. The van der Waals surface area contributed by atoms with Crippen molar-refractivity contribution in [2.45, 2.75) is 5.16 Å².